The molecule has 2 aromatic rings. The number of nitrogens with one attached hydrogen (secondary N) is 2. The largest absolute Gasteiger partial charge is 0.506 e. The van der Waals surface area contributed by atoms with Gasteiger partial charge in [0, 0.05) is 6.07 Å². The van der Waals surface area contributed by atoms with E-state index < -0.39 is 21.6 Å². The number of anilines is 1. The maximum Gasteiger partial charge on any atom is 0.278 e. The van der Waals surface area contributed by atoms with E-state index in [0.717, 1.165) is 18.2 Å². The van der Waals surface area contributed by atoms with Crippen LogP contribution in [0.2, 0.25) is 0 Å². The van der Waals surface area contributed by atoms with Gasteiger partial charge < -0.3 is 5.11 Å². The zero-order valence-corrected chi connectivity index (χ0v) is 9.20. The van der Waals surface area contributed by atoms with Gasteiger partial charge in [-0.15, -0.1) is 0 Å². The molecule has 6 nitrogen and oxygen atoms in total. The predicted octanol–water partition coefficient (Wildman–Crippen LogP) is 1.06. The molecular weight excluding hydrogens is 249 g/mol. The molecule has 0 fully saturated rings. The molecule has 3 N–H and O–H groups in total. The molecule has 0 atom stereocenters. The highest BCUT2D eigenvalue weighted by molar-refractivity contribution is 7.92. The van der Waals surface area contributed by atoms with E-state index in [-0.39, 0.29) is 10.7 Å². The number of phenolic OH excluding ortho intramolecular Hbond substituents is 1. The number of nitrogens with zero attached hydrogens (tertiary/aromatic N) is 1. The van der Waals surface area contributed by atoms with Gasteiger partial charge in [-0.25, -0.2) is 4.39 Å². The highest BCUT2D eigenvalue weighted by atomic mass is 32.2. The maximum atomic E-state index is 12.7. The Morgan fingerprint density at radius 1 is 1.35 bits per heavy atom. The topological polar surface area (TPSA) is 95.1 Å². The van der Waals surface area contributed by atoms with Crippen LogP contribution < -0.4 is 4.72 Å². The van der Waals surface area contributed by atoms with Crippen LogP contribution in [0.3, 0.4) is 0 Å². The fraction of sp³-hybridized carbons (Fsp3) is 0. The second-order valence-corrected chi connectivity index (χ2v) is 4.84. The average molecular weight is 257 g/mol. The van der Waals surface area contributed by atoms with Crippen molar-refractivity contribution < 1.29 is 17.9 Å². The van der Waals surface area contributed by atoms with Crippen LogP contribution in [0.1, 0.15) is 0 Å². The number of hydrogen-bond acceptors (Lipinski definition) is 4. The minimum atomic E-state index is -3.86. The number of benzene rings is 1. The number of phenols is 1. The van der Waals surface area contributed by atoms with Gasteiger partial charge in [-0.1, -0.05) is 0 Å². The number of halogens is 1. The van der Waals surface area contributed by atoms with Crippen molar-refractivity contribution in [2.24, 2.45) is 0 Å². The number of H-pyrrole nitrogens is 1. The molecule has 0 aliphatic heterocycles. The third-order valence-electron chi connectivity index (χ3n) is 1.97. The number of rotatable bonds is 3. The van der Waals surface area contributed by atoms with E-state index in [4.69, 9.17) is 0 Å². The molecule has 1 heterocycles. The lowest BCUT2D eigenvalue weighted by molar-refractivity contribution is 0.471. The molecule has 0 saturated carbocycles. The summed E-state index contributed by atoms with van der Waals surface area (Å²) in [7, 11) is -3.86. The average Bonchev–Trinajstić information content (AvgIpc) is 2.76. The SMILES string of the molecule is O=S(=O)(Nc1ccc(F)cc1O)c1ccn[nH]1. The molecule has 2 rings (SSSR count). The monoisotopic (exact) mass is 257 g/mol. The van der Waals surface area contributed by atoms with Gasteiger partial charge in [-0.3, -0.25) is 9.82 Å². The Morgan fingerprint density at radius 3 is 2.71 bits per heavy atom. The molecule has 1 aromatic carbocycles. The predicted molar refractivity (Wildman–Crippen MR) is 57.5 cm³/mol. The van der Waals surface area contributed by atoms with E-state index in [0.29, 0.717) is 0 Å². The molecular formula is C9H8FN3O3S. The molecule has 0 spiro atoms. The molecule has 17 heavy (non-hydrogen) atoms. The van der Waals surface area contributed by atoms with Crippen molar-refractivity contribution in [3.63, 3.8) is 0 Å². The fourth-order valence-corrected chi connectivity index (χ4v) is 2.17. The van der Waals surface area contributed by atoms with E-state index in [9.17, 15) is 17.9 Å². The van der Waals surface area contributed by atoms with Crippen LogP contribution in [0.15, 0.2) is 35.5 Å². The Bertz CT molecular complexity index is 625. The van der Waals surface area contributed by atoms with E-state index in [1.165, 1.54) is 12.3 Å². The minimum Gasteiger partial charge on any atom is -0.506 e. The van der Waals surface area contributed by atoms with Crippen LogP contribution >= 0.6 is 0 Å². The zero-order chi connectivity index (χ0) is 12.5. The van der Waals surface area contributed by atoms with Crippen molar-refractivity contribution in [2.45, 2.75) is 5.03 Å². The van der Waals surface area contributed by atoms with E-state index in [1.54, 1.807) is 0 Å². The first-order chi connectivity index (χ1) is 7.99. The first kappa shape index (κ1) is 11.4. The van der Waals surface area contributed by atoms with Gasteiger partial charge in [0.1, 0.15) is 11.6 Å². The van der Waals surface area contributed by atoms with Crippen LogP contribution in [0.5, 0.6) is 5.75 Å². The molecule has 90 valence electrons. The smallest absolute Gasteiger partial charge is 0.278 e. The van der Waals surface area contributed by atoms with Crippen molar-refractivity contribution in [3.05, 3.63) is 36.3 Å². The summed E-state index contributed by atoms with van der Waals surface area (Å²) in [4.78, 5) is 0. The molecule has 0 saturated heterocycles. The molecule has 0 amide bonds. The maximum absolute atomic E-state index is 12.7. The van der Waals surface area contributed by atoms with Gasteiger partial charge in [0.05, 0.1) is 11.9 Å². The quantitative estimate of drug-likeness (QED) is 0.716. The third-order valence-corrected chi connectivity index (χ3v) is 3.26. The molecule has 1 aromatic heterocycles. The second-order valence-electron chi connectivity index (χ2n) is 3.19. The summed E-state index contributed by atoms with van der Waals surface area (Å²) in [5.74, 6) is -1.15. The van der Waals surface area contributed by atoms with Gasteiger partial charge in [0.2, 0.25) is 0 Å². The van der Waals surface area contributed by atoms with E-state index >= 15 is 0 Å². The Labute approximate surface area is 96.2 Å². The third kappa shape index (κ3) is 2.36. The molecule has 0 bridgehead atoms. The minimum absolute atomic E-state index is 0.110. The second kappa shape index (κ2) is 4.06. The highest BCUT2D eigenvalue weighted by Gasteiger charge is 2.17. The van der Waals surface area contributed by atoms with Gasteiger partial charge in [0.15, 0.2) is 5.03 Å². The molecule has 0 aliphatic carbocycles. The Morgan fingerprint density at radius 2 is 2.12 bits per heavy atom. The van der Waals surface area contributed by atoms with Gasteiger partial charge in [-0.05, 0) is 18.2 Å². The van der Waals surface area contributed by atoms with Crippen molar-refractivity contribution in [3.8, 4) is 5.75 Å². The van der Waals surface area contributed by atoms with Gasteiger partial charge in [-0.2, -0.15) is 13.5 Å². The fourth-order valence-electron chi connectivity index (χ4n) is 1.18. The summed E-state index contributed by atoms with van der Waals surface area (Å²) in [6.45, 7) is 0. The Hall–Kier alpha value is -2.09. The zero-order valence-electron chi connectivity index (χ0n) is 8.38. The lowest BCUT2D eigenvalue weighted by Gasteiger charge is -2.07. The summed E-state index contributed by atoms with van der Waals surface area (Å²) >= 11 is 0. The normalized spacial score (nSPS) is 11.4. The van der Waals surface area contributed by atoms with Gasteiger partial charge >= 0.3 is 0 Å². The number of aromatic hydroxyl groups is 1. The summed E-state index contributed by atoms with van der Waals surface area (Å²) < 4.78 is 38.2. The van der Waals surface area contributed by atoms with Crippen LogP contribution in [0.4, 0.5) is 10.1 Å². The molecule has 0 aliphatic rings. The first-order valence-electron chi connectivity index (χ1n) is 4.50. The van der Waals surface area contributed by atoms with Crippen LogP contribution in [-0.4, -0.2) is 23.7 Å². The standard InChI is InChI=1S/C9H8FN3O3S/c10-6-1-2-7(8(14)5-6)13-17(15,16)9-3-4-11-12-9/h1-5,13-14H,(H,11,12). The number of sulfonamides is 1. The molecule has 8 heteroatoms. The van der Waals surface area contributed by atoms with E-state index in [1.807, 2.05) is 0 Å². The summed E-state index contributed by atoms with van der Waals surface area (Å²) in [6.07, 6.45) is 1.28. The van der Waals surface area contributed by atoms with E-state index in [2.05, 4.69) is 14.9 Å². The van der Waals surface area contributed by atoms with Crippen molar-refractivity contribution in [1.82, 2.24) is 10.2 Å². The molecule has 0 unspecified atom stereocenters. The molecule has 0 radical (unpaired) electrons. The Kier molecular flexibility index (Phi) is 2.72. The Balaban J connectivity index is 2.33. The van der Waals surface area contributed by atoms with Gasteiger partial charge in [0.25, 0.3) is 10.0 Å². The highest BCUT2D eigenvalue weighted by Crippen LogP contribution is 2.25. The first-order valence-corrected chi connectivity index (χ1v) is 5.98. The lowest BCUT2D eigenvalue weighted by Crippen LogP contribution is -2.13. The summed E-state index contributed by atoms with van der Waals surface area (Å²) in [5, 5.41) is 15.0. The van der Waals surface area contributed by atoms with Crippen molar-refractivity contribution in [2.75, 3.05) is 4.72 Å². The lowest BCUT2D eigenvalue weighted by atomic mass is 10.3. The van der Waals surface area contributed by atoms with Crippen molar-refractivity contribution in [1.29, 1.82) is 0 Å². The number of hydrogen-bond donors (Lipinski definition) is 3. The number of aromatic nitrogens is 2. The van der Waals surface area contributed by atoms with Crippen LogP contribution in [-0.2, 0) is 10.0 Å². The van der Waals surface area contributed by atoms with Crippen LogP contribution in [0.25, 0.3) is 0 Å². The summed E-state index contributed by atoms with van der Waals surface area (Å²) in [6, 6.07) is 4.22. The number of aromatic amines is 1. The van der Waals surface area contributed by atoms with Crippen molar-refractivity contribution >= 4 is 15.7 Å². The van der Waals surface area contributed by atoms with Crippen LogP contribution in [0, 0.1) is 5.82 Å². The summed E-state index contributed by atoms with van der Waals surface area (Å²) in [5.41, 5.74) is -0.110.